The fourth-order valence-corrected chi connectivity index (χ4v) is 6.50. The molecule has 192 valence electrons. The number of benzene rings is 1. The molecular weight excluding hydrogens is 454 g/mol. The first kappa shape index (κ1) is 26.1. The van der Waals surface area contributed by atoms with Crippen LogP contribution >= 0.6 is 0 Å². The van der Waals surface area contributed by atoms with Crippen LogP contribution in [-0.2, 0) is 25.5 Å². The number of carbonyl (C=O) groups is 3. The normalized spacial score (nSPS) is 40.1. The minimum absolute atomic E-state index is 0.0416. The van der Waals surface area contributed by atoms with Gasteiger partial charge in [0.2, 0.25) is 5.91 Å². The summed E-state index contributed by atoms with van der Waals surface area (Å²) in [6, 6.07) is 9.87. The van der Waals surface area contributed by atoms with Crippen LogP contribution in [0.3, 0.4) is 0 Å². The first-order chi connectivity index (χ1) is 17.0. The first-order valence-corrected chi connectivity index (χ1v) is 12.8. The number of amides is 1. The second kappa shape index (κ2) is 9.81. The molecule has 1 fully saturated rings. The highest BCUT2D eigenvalue weighted by Crippen LogP contribution is 2.56. The van der Waals surface area contributed by atoms with Crippen LogP contribution in [0.1, 0.15) is 46.6 Å². The molecule has 6 heteroatoms. The third-order valence-corrected chi connectivity index (χ3v) is 8.38. The van der Waals surface area contributed by atoms with E-state index in [9.17, 15) is 19.5 Å². The standard InChI is InChI=1S/C30H37NO5/c1-18-10-9-13-23-16-19(2)20(3)26-24(17-22-11-7-6-8-12-22)31-28(34)30(23,26)25(36-21(4)32)14-15-29(5,35)27(18)33/h6-9,11-16,18,20,23-26,35H,10,17H2,1-5H3,(H,31,34)/b13-9+,15-14+/t18-,20+,23-,24-,25-,26-,29+,30+/m0/s1. The number of rotatable bonds is 3. The number of carbonyl (C=O) groups excluding carboxylic acids is 3. The molecule has 2 N–H and O–H groups in total. The quantitative estimate of drug-likeness (QED) is 0.494. The molecule has 8 atom stereocenters. The van der Waals surface area contributed by atoms with Crippen molar-refractivity contribution in [2.45, 2.75) is 65.2 Å². The number of nitrogens with one attached hydrogen (secondary N) is 1. The maximum atomic E-state index is 14.1. The molecule has 1 aromatic rings. The first-order valence-electron chi connectivity index (χ1n) is 12.8. The molecule has 6 nitrogen and oxygen atoms in total. The molecule has 0 bridgehead atoms. The van der Waals surface area contributed by atoms with E-state index >= 15 is 0 Å². The van der Waals surface area contributed by atoms with E-state index in [0.717, 1.165) is 5.56 Å². The van der Waals surface area contributed by atoms with E-state index in [1.54, 1.807) is 13.0 Å². The van der Waals surface area contributed by atoms with Crippen molar-refractivity contribution in [3.05, 3.63) is 71.8 Å². The summed E-state index contributed by atoms with van der Waals surface area (Å²) in [4.78, 5) is 39.4. The van der Waals surface area contributed by atoms with Gasteiger partial charge in [-0.3, -0.25) is 14.4 Å². The van der Waals surface area contributed by atoms with Gasteiger partial charge in [-0.1, -0.05) is 68.0 Å². The van der Waals surface area contributed by atoms with Crippen LogP contribution in [0.15, 0.2) is 66.3 Å². The van der Waals surface area contributed by atoms with E-state index in [-0.39, 0.29) is 35.5 Å². The average Bonchev–Trinajstić information content (AvgIpc) is 3.11. The van der Waals surface area contributed by atoms with Crippen molar-refractivity contribution in [3.8, 4) is 0 Å². The van der Waals surface area contributed by atoms with Crippen LogP contribution in [0.2, 0.25) is 0 Å². The number of allylic oxidation sites excluding steroid dienone is 4. The van der Waals surface area contributed by atoms with E-state index in [1.165, 1.54) is 25.5 Å². The highest BCUT2D eigenvalue weighted by Gasteiger charge is 2.65. The van der Waals surface area contributed by atoms with E-state index in [2.05, 4.69) is 37.4 Å². The fraction of sp³-hybridized carbons (Fsp3) is 0.500. The van der Waals surface area contributed by atoms with Gasteiger partial charge in [0.25, 0.3) is 0 Å². The Kier molecular flexibility index (Phi) is 7.11. The van der Waals surface area contributed by atoms with Crippen molar-refractivity contribution in [2.75, 3.05) is 0 Å². The maximum Gasteiger partial charge on any atom is 0.303 e. The largest absolute Gasteiger partial charge is 0.457 e. The lowest BCUT2D eigenvalue weighted by Gasteiger charge is -2.48. The second-order valence-corrected chi connectivity index (χ2v) is 10.9. The SMILES string of the molecule is CC(=O)O[C@H]1/C=C/[C@@](C)(O)C(=O)[C@@H](C)C/C=C/[C@H]2C=C(C)[C@@H](C)[C@H]3[C@H](Cc4ccccc4)NC(=O)[C@]321. The number of hydrogen-bond donors (Lipinski definition) is 2. The van der Waals surface area contributed by atoms with Crippen LogP contribution < -0.4 is 5.32 Å². The molecule has 2 aliphatic carbocycles. The van der Waals surface area contributed by atoms with Gasteiger partial charge in [0, 0.05) is 30.7 Å². The second-order valence-electron chi connectivity index (χ2n) is 10.9. The van der Waals surface area contributed by atoms with E-state index in [4.69, 9.17) is 4.74 Å². The van der Waals surface area contributed by atoms with E-state index < -0.39 is 29.0 Å². The summed E-state index contributed by atoms with van der Waals surface area (Å²) in [5.41, 5.74) is -0.576. The Bertz CT molecular complexity index is 1120. The summed E-state index contributed by atoms with van der Waals surface area (Å²) in [6.07, 6.45) is 9.12. The molecular formula is C30H37NO5. The van der Waals surface area contributed by atoms with Gasteiger partial charge < -0.3 is 15.2 Å². The van der Waals surface area contributed by atoms with Crippen LogP contribution in [0.5, 0.6) is 0 Å². The molecule has 0 radical (unpaired) electrons. The Balaban J connectivity index is 1.92. The van der Waals surface area contributed by atoms with E-state index in [1.807, 2.05) is 30.4 Å². The molecule has 4 rings (SSSR count). The van der Waals surface area contributed by atoms with Gasteiger partial charge in [-0.2, -0.15) is 0 Å². The number of ketones is 1. The molecule has 1 aromatic carbocycles. The molecule has 1 saturated heterocycles. The third-order valence-electron chi connectivity index (χ3n) is 8.38. The summed E-state index contributed by atoms with van der Waals surface area (Å²) in [7, 11) is 0. The zero-order valence-electron chi connectivity index (χ0n) is 21.7. The Hall–Kier alpha value is -2.99. The van der Waals surface area contributed by atoms with Gasteiger partial charge >= 0.3 is 5.97 Å². The zero-order chi connectivity index (χ0) is 26.3. The predicted molar refractivity (Wildman–Crippen MR) is 138 cm³/mol. The molecule has 1 amide bonds. The number of ether oxygens (including phenoxy) is 1. The van der Waals surface area contributed by atoms with Crippen LogP contribution in [0.4, 0.5) is 0 Å². The van der Waals surface area contributed by atoms with Crippen molar-refractivity contribution in [1.29, 1.82) is 0 Å². The molecule has 0 unspecified atom stereocenters. The minimum atomic E-state index is -1.75. The maximum absolute atomic E-state index is 14.1. The number of esters is 1. The van der Waals surface area contributed by atoms with Crippen molar-refractivity contribution < 1.29 is 24.2 Å². The number of aliphatic hydroxyl groups is 1. The lowest BCUT2D eigenvalue weighted by atomic mass is 9.54. The Morgan fingerprint density at radius 2 is 1.86 bits per heavy atom. The van der Waals surface area contributed by atoms with Gasteiger partial charge in [0.1, 0.15) is 17.1 Å². The highest BCUT2D eigenvalue weighted by molar-refractivity contribution is 5.91. The molecule has 36 heavy (non-hydrogen) atoms. The van der Waals surface area contributed by atoms with Crippen LogP contribution in [0.25, 0.3) is 0 Å². The monoisotopic (exact) mass is 491 g/mol. The van der Waals surface area contributed by atoms with Gasteiger partial charge in [0.15, 0.2) is 5.78 Å². The topological polar surface area (TPSA) is 92.7 Å². The summed E-state index contributed by atoms with van der Waals surface area (Å²) in [6.45, 7) is 8.77. The van der Waals surface area contributed by atoms with Gasteiger partial charge in [0.05, 0.1) is 0 Å². The molecule has 1 aliphatic heterocycles. The third kappa shape index (κ3) is 4.47. The Morgan fingerprint density at radius 3 is 2.53 bits per heavy atom. The fourth-order valence-electron chi connectivity index (χ4n) is 6.50. The van der Waals surface area contributed by atoms with Crippen molar-refractivity contribution in [3.63, 3.8) is 0 Å². The van der Waals surface area contributed by atoms with Crippen molar-refractivity contribution in [2.24, 2.45) is 29.1 Å². The number of hydrogen-bond acceptors (Lipinski definition) is 5. The summed E-state index contributed by atoms with van der Waals surface area (Å²) in [5.74, 6) is -1.91. The van der Waals surface area contributed by atoms with Gasteiger partial charge in [-0.15, -0.1) is 0 Å². The predicted octanol–water partition coefficient (Wildman–Crippen LogP) is 3.95. The smallest absolute Gasteiger partial charge is 0.303 e. The molecule has 1 heterocycles. The molecule has 0 aromatic heterocycles. The summed E-state index contributed by atoms with van der Waals surface area (Å²) < 4.78 is 5.87. The Labute approximate surface area is 213 Å². The molecule has 0 saturated carbocycles. The lowest BCUT2D eigenvalue weighted by Crippen LogP contribution is -2.55. The average molecular weight is 492 g/mol. The van der Waals surface area contributed by atoms with E-state index in [0.29, 0.717) is 12.8 Å². The molecule has 1 spiro atoms. The van der Waals surface area contributed by atoms with Crippen LogP contribution in [0, 0.1) is 29.1 Å². The lowest BCUT2D eigenvalue weighted by molar-refractivity contribution is -0.159. The minimum Gasteiger partial charge on any atom is -0.457 e. The highest BCUT2D eigenvalue weighted by atomic mass is 16.5. The number of Topliss-reactive ketones (excluding diaryl/α,β-unsaturated/α-hetero) is 1. The van der Waals surface area contributed by atoms with Gasteiger partial charge in [-0.05, 0) is 50.3 Å². The molecule has 3 aliphatic rings. The van der Waals surface area contributed by atoms with Gasteiger partial charge in [-0.25, -0.2) is 0 Å². The van der Waals surface area contributed by atoms with Crippen molar-refractivity contribution in [1.82, 2.24) is 5.32 Å². The summed E-state index contributed by atoms with van der Waals surface area (Å²) >= 11 is 0. The van der Waals surface area contributed by atoms with Crippen molar-refractivity contribution >= 4 is 17.7 Å². The van der Waals surface area contributed by atoms with Crippen LogP contribution in [-0.4, -0.2) is 40.5 Å². The zero-order valence-corrected chi connectivity index (χ0v) is 21.7. The summed E-state index contributed by atoms with van der Waals surface area (Å²) in [5, 5.41) is 14.3. The Morgan fingerprint density at radius 1 is 1.17 bits per heavy atom.